The number of methoxy groups -OCH3 is 1. The lowest BCUT2D eigenvalue weighted by molar-refractivity contribution is 0.0600. The highest BCUT2D eigenvalue weighted by Gasteiger charge is 2.15. The number of pyridine rings is 1. The van der Waals surface area contributed by atoms with E-state index in [4.69, 9.17) is 16.3 Å². The monoisotopic (exact) mass is 425 g/mol. The number of halogens is 2. The predicted octanol–water partition coefficient (Wildman–Crippen LogP) is 4.55. The van der Waals surface area contributed by atoms with Crippen molar-refractivity contribution < 1.29 is 9.53 Å². The van der Waals surface area contributed by atoms with Crippen molar-refractivity contribution in [2.45, 2.75) is 38.1 Å². The Hall–Kier alpha value is -1.59. The van der Waals surface area contributed by atoms with Crippen LogP contribution in [0.3, 0.4) is 0 Å². The summed E-state index contributed by atoms with van der Waals surface area (Å²) in [5, 5.41) is 0.836. The number of aromatic nitrogens is 1. The second kappa shape index (κ2) is 8.68. The Morgan fingerprint density at radius 1 is 1.28 bits per heavy atom. The fourth-order valence-corrected chi connectivity index (χ4v) is 3.59. The third kappa shape index (κ3) is 4.53. The van der Waals surface area contributed by atoms with Crippen LogP contribution in [0.4, 0.5) is 0 Å². The molecule has 0 aliphatic rings. The van der Waals surface area contributed by atoms with Crippen molar-refractivity contribution >= 4 is 33.5 Å². The van der Waals surface area contributed by atoms with Gasteiger partial charge in [-0.05, 0) is 41.7 Å². The molecule has 134 valence electrons. The lowest BCUT2D eigenvalue weighted by atomic mass is 10.0. The smallest absolute Gasteiger partial charge is 0.337 e. The zero-order chi connectivity index (χ0) is 18.6. The molecular formula is C19H21BrClNO3. The minimum absolute atomic E-state index is 0.174. The molecule has 0 unspecified atom stereocenters. The maximum Gasteiger partial charge on any atom is 0.337 e. The molecule has 6 heteroatoms. The van der Waals surface area contributed by atoms with Crippen LogP contribution in [0.2, 0.25) is 5.02 Å². The summed E-state index contributed by atoms with van der Waals surface area (Å²) in [6.07, 6.45) is 0.666. The number of aryl methyl sites for hydroxylation is 1. The maximum absolute atomic E-state index is 12.5. The minimum atomic E-state index is -0.360. The zero-order valence-electron chi connectivity index (χ0n) is 14.5. The van der Waals surface area contributed by atoms with E-state index in [0.29, 0.717) is 23.9 Å². The van der Waals surface area contributed by atoms with Gasteiger partial charge in [0.25, 0.3) is 5.56 Å². The number of hydrogen-bond acceptors (Lipinski definition) is 3. The molecule has 0 radical (unpaired) electrons. The van der Waals surface area contributed by atoms with Crippen LogP contribution in [0.1, 0.15) is 46.9 Å². The van der Waals surface area contributed by atoms with Crippen LogP contribution in [0, 0.1) is 0 Å². The van der Waals surface area contributed by atoms with Gasteiger partial charge in [-0.15, -0.1) is 0 Å². The standard InChI is InChI=1S/C19H21BrClNO3/c1-12(2)15-10-16(21)18(23)22(17(15)11-20)9-8-13-4-6-14(7-5-13)19(24)25-3/h4-7,10,12H,8-9,11H2,1-3H3. The van der Waals surface area contributed by atoms with E-state index in [1.54, 1.807) is 22.8 Å². The number of carbonyl (C=O) groups is 1. The quantitative estimate of drug-likeness (QED) is 0.503. The summed E-state index contributed by atoms with van der Waals surface area (Å²) in [5.41, 5.74) is 3.39. The predicted molar refractivity (Wildman–Crippen MR) is 104 cm³/mol. The highest BCUT2D eigenvalue weighted by molar-refractivity contribution is 9.08. The van der Waals surface area contributed by atoms with Crippen LogP contribution in [-0.2, 0) is 23.0 Å². The van der Waals surface area contributed by atoms with Crippen LogP contribution in [0.25, 0.3) is 0 Å². The Morgan fingerprint density at radius 3 is 2.44 bits per heavy atom. The molecular weight excluding hydrogens is 406 g/mol. The molecule has 0 amide bonds. The van der Waals surface area contributed by atoms with Gasteiger partial charge >= 0.3 is 5.97 Å². The molecule has 0 aliphatic carbocycles. The number of benzene rings is 1. The normalized spacial score (nSPS) is 11.0. The molecule has 1 aromatic heterocycles. The first-order valence-corrected chi connectivity index (χ1v) is 9.54. The van der Waals surface area contributed by atoms with Crippen molar-refractivity contribution in [3.8, 4) is 0 Å². The van der Waals surface area contributed by atoms with Crippen molar-refractivity contribution in [1.29, 1.82) is 0 Å². The van der Waals surface area contributed by atoms with Gasteiger partial charge in [0.15, 0.2) is 0 Å². The summed E-state index contributed by atoms with van der Waals surface area (Å²) in [5.74, 6) is -0.0861. The molecule has 1 heterocycles. The maximum atomic E-state index is 12.5. The number of nitrogens with zero attached hydrogens (tertiary/aromatic N) is 1. The third-order valence-electron chi connectivity index (χ3n) is 4.14. The van der Waals surface area contributed by atoms with E-state index in [0.717, 1.165) is 16.8 Å². The Morgan fingerprint density at radius 2 is 1.92 bits per heavy atom. The molecule has 0 atom stereocenters. The Labute approximate surface area is 160 Å². The van der Waals surface area contributed by atoms with Crippen LogP contribution in [-0.4, -0.2) is 17.6 Å². The molecule has 2 aromatic rings. The average Bonchev–Trinajstić information content (AvgIpc) is 2.62. The summed E-state index contributed by atoms with van der Waals surface area (Å²) in [4.78, 5) is 24.0. The van der Waals surface area contributed by atoms with Crippen molar-refractivity contribution in [2.75, 3.05) is 7.11 Å². The summed E-state index contributed by atoms with van der Waals surface area (Å²) in [7, 11) is 1.36. The number of rotatable bonds is 6. The molecule has 0 bridgehead atoms. The molecule has 25 heavy (non-hydrogen) atoms. The zero-order valence-corrected chi connectivity index (χ0v) is 16.9. The molecule has 0 fully saturated rings. The fourth-order valence-electron chi connectivity index (χ4n) is 2.74. The van der Waals surface area contributed by atoms with Crippen LogP contribution >= 0.6 is 27.5 Å². The summed E-state index contributed by atoms with van der Waals surface area (Å²) in [6.45, 7) is 4.69. The van der Waals surface area contributed by atoms with E-state index in [9.17, 15) is 9.59 Å². The second-order valence-electron chi connectivity index (χ2n) is 6.08. The number of hydrogen-bond donors (Lipinski definition) is 0. The van der Waals surface area contributed by atoms with E-state index in [2.05, 4.69) is 29.8 Å². The first-order chi connectivity index (χ1) is 11.9. The van der Waals surface area contributed by atoms with Gasteiger partial charge in [-0.25, -0.2) is 4.79 Å². The Balaban J connectivity index is 2.28. The van der Waals surface area contributed by atoms with Crippen LogP contribution in [0.5, 0.6) is 0 Å². The van der Waals surface area contributed by atoms with Gasteiger partial charge in [0.05, 0.1) is 12.7 Å². The average molecular weight is 427 g/mol. The van der Waals surface area contributed by atoms with Crippen molar-refractivity contribution in [3.63, 3.8) is 0 Å². The number of ether oxygens (including phenoxy) is 1. The summed E-state index contributed by atoms with van der Waals surface area (Å²) in [6, 6.07) is 8.98. The number of carbonyl (C=O) groups excluding carboxylic acids is 1. The number of alkyl halides is 1. The second-order valence-corrected chi connectivity index (χ2v) is 7.05. The first kappa shape index (κ1) is 19.7. The van der Waals surface area contributed by atoms with Crippen LogP contribution < -0.4 is 5.56 Å². The number of esters is 1. The first-order valence-electron chi connectivity index (χ1n) is 8.04. The highest BCUT2D eigenvalue weighted by atomic mass is 79.9. The summed E-state index contributed by atoms with van der Waals surface area (Å²) >= 11 is 9.64. The molecule has 0 saturated carbocycles. The largest absolute Gasteiger partial charge is 0.465 e. The molecule has 0 saturated heterocycles. The lowest BCUT2D eigenvalue weighted by Crippen LogP contribution is -2.26. The molecule has 0 N–H and O–H groups in total. The highest BCUT2D eigenvalue weighted by Crippen LogP contribution is 2.23. The SMILES string of the molecule is COC(=O)c1ccc(CCn2c(CBr)c(C(C)C)cc(Cl)c2=O)cc1. The van der Waals surface area contributed by atoms with Gasteiger partial charge in [0.2, 0.25) is 0 Å². The molecule has 0 spiro atoms. The van der Waals surface area contributed by atoms with Gasteiger partial charge in [-0.3, -0.25) is 4.79 Å². The molecule has 1 aromatic carbocycles. The van der Waals surface area contributed by atoms with Gasteiger partial charge in [0, 0.05) is 17.6 Å². The topological polar surface area (TPSA) is 48.3 Å². The lowest BCUT2D eigenvalue weighted by Gasteiger charge is -2.18. The Bertz CT molecular complexity index is 813. The van der Waals surface area contributed by atoms with E-state index < -0.39 is 0 Å². The summed E-state index contributed by atoms with van der Waals surface area (Å²) < 4.78 is 6.43. The van der Waals surface area contributed by atoms with Gasteiger partial charge in [0.1, 0.15) is 5.02 Å². The molecule has 4 nitrogen and oxygen atoms in total. The van der Waals surface area contributed by atoms with Crippen LogP contribution in [0.15, 0.2) is 35.1 Å². The van der Waals surface area contributed by atoms with Gasteiger partial charge < -0.3 is 9.30 Å². The molecule has 2 rings (SSSR count). The molecule has 0 aliphatic heterocycles. The van der Waals surface area contributed by atoms with E-state index >= 15 is 0 Å². The fraction of sp³-hybridized carbons (Fsp3) is 0.368. The Kier molecular flexibility index (Phi) is 6.85. The van der Waals surface area contributed by atoms with E-state index in [1.807, 2.05) is 12.1 Å². The minimum Gasteiger partial charge on any atom is -0.465 e. The van der Waals surface area contributed by atoms with Crippen molar-refractivity contribution in [1.82, 2.24) is 4.57 Å². The van der Waals surface area contributed by atoms with E-state index in [1.165, 1.54) is 7.11 Å². The third-order valence-corrected chi connectivity index (χ3v) is 4.94. The van der Waals surface area contributed by atoms with Crippen molar-refractivity contribution in [3.05, 3.63) is 68.1 Å². The van der Waals surface area contributed by atoms with E-state index in [-0.39, 0.29) is 22.5 Å². The van der Waals surface area contributed by atoms with Crippen molar-refractivity contribution in [2.24, 2.45) is 0 Å². The van der Waals surface area contributed by atoms with Gasteiger partial charge in [-0.2, -0.15) is 0 Å². The van der Waals surface area contributed by atoms with Gasteiger partial charge in [-0.1, -0.05) is 53.5 Å².